The molecule has 1 aliphatic heterocycles. The Kier molecular flexibility index (Phi) is 2.80. The Labute approximate surface area is 118 Å². The molecule has 19 heavy (non-hydrogen) atoms. The van der Waals surface area contributed by atoms with Crippen LogP contribution in [0.2, 0.25) is 0 Å². The third-order valence-electron chi connectivity index (χ3n) is 7.26. The Morgan fingerprint density at radius 1 is 1.11 bits per heavy atom. The second-order valence-corrected chi connectivity index (χ2v) is 7.87. The second kappa shape index (κ2) is 4.21. The largest absolute Gasteiger partial charge is 0.308 e. The van der Waals surface area contributed by atoms with Crippen LogP contribution in [0.15, 0.2) is 0 Å². The van der Waals surface area contributed by atoms with Crippen LogP contribution in [0.1, 0.15) is 52.9 Å². The predicted octanol–water partition coefficient (Wildman–Crippen LogP) is 2.88. The fourth-order valence-electron chi connectivity index (χ4n) is 5.89. The van der Waals surface area contributed by atoms with Gasteiger partial charge in [-0.25, -0.2) is 0 Å². The molecule has 0 aromatic heterocycles. The number of hydrogen-bond acceptors (Lipinski definition) is 2. The molecule has 0 amide bonds. The van der Waals surface area contributed by atoms with Crippen LogP contribution in [-0.2, 0) is 0 Å². The zero-order chi connectivity index (χ0) is 13.2. The summed E-state index contributed by atoms with van der Waals surface area (Å²) in [5.41, 5.74) is 0.405. The van der Waals surface area contributed by atoms with Gasteiger partial charge in [-0.1, -0.05) is 13.8 Å². The maximum Gasteiger partial charge on any atom is 0.0304 e. The Hall–Kier alpha value is -0.0800. The molecule has 2 bridgehead atoms. The van der Waals surface area contributed by atoms with Crippen LogP contribution < -0.4 is 5.32 Å². The normalized spacial score (nSPS) is 51.3. The van der Waals surface area contributed by atoms with E-state index in [9.17, 15) is 0 Å². The predicted molar refractivity (Wildman–Crippen MR) is 79.1 cm³/mol. The molecule has 108 valence electrons. The van der Waals surface area contributed by atoms with Crippen LogP contribution in [0.3, 0.4) is 0 Å². The van der Waals surface area contributed by atoms with E-state index in [4.69, 9.17) is 0 Å². The van der Waals surface area contributed by atoms with Gasteiger partial charge in [0.05, 0.1) is 0 Å². The van der Waals surface area contributed by atoms with Gasteiger partial charge in [-0.05, 0) is 62.7 Å². The summed E-state index contributed by atoms with van der Waals surface area (Å²) in [6.45, 7) is 9.67. The number of nitrogens with zero attached hydrogens (tertiary/aromatic N) is 1. The topological polar surface area (TPSA) is 15.3 Å². The second-order valence-electron chi connectivity index (χ2n) is 7.87. The molecular formula is C17H30N2. The lowest BCUT2D eigenvalue weighted by atomic mass is 9.88. The SMILES string of the molecule is CCC1(CC)CN(C2C3C4CCC(C4)C32)C(C)CN1. The summed E-state index contributed by atoms with van der Waals surface area (Å²) < 4.78 is 0. The molecule has 0 aromatic carbocycles. The van der Waals surface area contributed by atoms with E-state index < -0.39 is 0 Å². The molecule has 4 rings (SSSR count). The van der Waals surface area contributed by atoms with Crippen molar-refractivity contribution < 1.29 is 0 Å². The van der Waals surface area contributed by atoms with Gasteiger partial charge in [0.25, 0.3) is 0 Å². The van der Waals surface area contributed by atoms with E-state index in [1.165, 1.54) is 25.9 Å². The number of rotatable bonds is 3. The van der Waals surface area contributed by atoms with Gasteiger partial charge < -0.3 is 5.32 Å². The molecule has 2 heteroatoms. The van der Waals surface area contributed by atoms with Gasteiger partial charge in [-0.2, -0.15) is 0 Å². The Morgan fingerprint density at radius 2 is 1.74 bits per heavy atom. The molecule has 2 nitrogen and oxygen atoms in total. The quantitative estimate of drug-likeness (QED) is 0.841. The van der Waals surface area contributed by atoms with Crippen molar-refractivity contribution in [2.75, 3.05) is 13.1 Å². The summed E-state index contributed by atoms with van der Waals surface area (Å²) in [5.74, 6) is 4.43. The Balaban J connectivity index is 1.51. The Bertz CT molecular complexity index is 346. The maximum atomic E-state index is 3.86. The van der Waals surface area contributed by atoms with Crippen molar-refractivity contribution >= 4 is 0 Å². The molecule has 5 unspecified atom stereocenters. The highest BCUT2D eigenvalue weighted by Gasteiger charge is 2.67. The van der Waals surface area contributed by atoms with Gasteiger partial charge >= 0.3 is 0 Å². The molecule has 1 N–H and O–H groups in total. The monoisotopic (exact) mass is 262 g/mol. The van der Waals surface area contributed by atoms with Crippen molar-refractivity contribution in [3.8, 4) is 0 Å². The average Bonchev–Trinajstić information content (AvgIpc) is 2.87. The van der Waals surface area contributed by atoms with E-state index in [-0.39, 0.29) is 0 Å². The number of hydrogen-bond donors (Lipinski definition) is 1. The number of fused-ring (bicyclic) bond motifs is 5. The van der Waals surface area contributed by atoms with E-state index in [0.29, 0.717) is 5.54 Å². The van der Waals surface area contributed by atoms with Crippen LogP contribution in [0, 0.1) is 23.7 Å². The highest BCUT2D eigenvalue weighted by Crippen LogP contribution is 2.67. The molecule has 0 aromatic rings. The lowest BCUT2D eigenvalue weighted by Crippen LogP contribution is -2.64. The minimum Gasteiger partial charge on any atom is -0.308 e. The van der Waals surface area contributed by atoms with E-state index in [2.05, 4.69) is 31.0 Å². The van der Waals surface area contributed by atoms with E-state index >= 15 is 0 Å². The van der Waals surface area contributed by atoms with E-state index in [0.717, 1.165) is 35.8 Å². The van der Waals surface area contributed by atoms with Crippen LogP contribution in [0.25, 0.3) is 0 Å². The Morgan fingerprint density at radius 3 is 2.32 bits per heavy atom. The van der Waals surface area contributed by atoms with E-state index in [1.807, 2.05) is 0 Å². The summed E-state index contributed by atoms with van der Waals surface area (Å²) in [6.07, 6.45) is 7.24. The standard InChI is InChI=1S/C17H30N2/c1-4-17(5-2)10-19(11(3)9-18-17)16-14-12-6-7-13(8-12)15(14)16/h11-16,18H,4-10H2,1-3H3. The molecule has 4 aliphatic rings. The minimum absolute atomic E-state index is 0.405. The van der Waals surface area contributed by atoms with Gasteiger partial charge in [0.15, 0.2) is 0 Å². The highest BCUT2D eigenvalue weighted by atomic mass is 15.3. The minimum atomic E-state index is 0.405. The summed E-state index contributed by atoms with van der Waals surface area (Å²) in [7, 11) is 0. The first-order valence-corrected chi connectivity index (χ1v) is 8.70. The lowest BCUT2D eigenvalue weighted by molar-refractivity contribution is 0.0598. The van der Waals surface area contributed by atoms with Crippen LogP contribution in [0.4, 0.5) is 0 Å². The van der Waals surface area contributed by atoms with Gasteiger partial charge in [0, 0.05) is 30.7 Å². The lowest BCUT2D eigenvalue weighted by Gasteiger charge is -2.47. The third kappa shape index (κ3) is 1.68. The van der Waals surface area contributed by atoms with Crippen LogP contribution in [0.5, 0.6) is 0 Å². The van der Waals surface area contributed by atoms with Gasteiger partial charge in [-0.15, -0.1) is 0 Å². The molecule has 0 radical (unpaired) electrons. The first-order chi connectivity index (χ1) is 9.19. The number of piperazine rings is 1. The molecule has 1 heterocycles. The summed E-state index contributed by atoms with van der Waals surface area (Å²) in [5, 5.41) is 3.86. The summed E-state index contributed by atoms with van der Waals surface area (Å²) in [6, 6.07) is 1.72. The maximum absolute atomic E-state index is 3.86. The molecular weight excluding hydrogens is 232 g/mol. The number of nitrogens with one attached hydrogen (secondary N) is 1. The molecule has 4 fully saturated rings. The van der Waals surface area contributed by atoms with E-state index in [1.54, 1.807) is 19.3 Å². The highest BCUT2D eigenvalue weighted by molar-refractivity contribution is 5.19. The van der Waals surface area contributed by atoms with Gasteiger partial charge in [0.2, 0.25) is 0 Å². The molecule has 1 saturated heterocycles. The van der Waals surface area contributed by atoms with Gasteiger partial charge in [-0.3, -0.25) is 4.90 Å². The fraction of sp³-hybridized carbons (Fsp3) is 1.00. The smallest absolute Gasteiger partial charge is 0.0304 e. The van der Waals surface area contributed by atoms with Crippen molar-refractivity contribution in [2.24, 2.45) is 23.7 Å². The molecule has 5 atom stereocenters. The van der Waals surface area contributed by atoms with Crippen molar-refractivity contribution in [3.05, 3.63) is 0 Å². The van der Waals surface area contributed by atoms with Crippen molar-refractivity contribution in [3.63, 3.8) is 0 Å². The first-order valence-electron chi connectivity index (χ1n) is 8.70. The summed E-state index contributed by atoms with van der Waals surface area (Å²) in [4.78, 5) is 2.92. The van der Waals surface area contributed by atoms with Crippen molar-refractivity contribution in [1.82, 2.24) is 10.2 Å². The molecule has 3 aliphatic carbocycles. The van der Waals surface area contributed by atoms with Crippen LogP contribution >= 0.6 is 0 Å². The average molecular weight is 262 g/mol. The first kappa shape index (κ1) is 12.6. The molecule has 3 saturated carbocycles. The fourth-order valence-corrected chi connectivity index (χ4v) is 5.89. The zero-order valence-corrected chi connectivity index (χ0v) is 12.9. The van der Waals surface area contributed by atoms with Crippen LogP contribution in [-0.4, -0.2) is 35.6 Å². The zero-order valence-electron chi connectivity index (χ0n) is 12.9. The summed E-state index contributed by atoms with van der Waals surface area (Å²) >= 11 is 0. The van der Waals surface area contributed by atoms with Gasteiger partial charge in [0.1, 0.15) is 0 Å². The van der Waals surface area contributed by atoms with Crippen molar-refractivity contribution in [2.45, 2.75) is 70.5 Å². The molecule has 0 spiro atoms. The third-order valence-corrected chi connectivity index (χ3v) is 7.26. The van der Waals surface area contributed by atoms with Crippen molar-refractivity contribution in [1.29, 1.82) is 0 Å².